The summed E-state index contributed by atoms with van der Waals surface area (Å²) in [6.07, 6.45) is 5.92. The number of halogens is 1. The van der Waals surface area contributed by atoms with Crippen molar-refractivity contribution in [3.8, 4) is 0 Å². The Morgan fingerprint density at radius 3 is 2.89 bits per heavy atom. The van der Waals surface area contributed by atoms with Crippen molar-refractivity contribution in [1.82, 2.24) is 20.1 Å². The average molecular weight is 265 g/mol. The lowest BCUT2D eigenvalue weighted by molar-refractivity contribution is 0.0954. The van der Waals surface area contributed by atoms with Gasteiger partial charge in [-0.2, -0.15) is 5.10 Å². The maximum absolute atomic E-state index is 11.7. The molecule has 2 rings (SSSR count). The van der Waals surface area contributed by atoms with Crippen LogP contribution in [0.2, 0.25) is 5.15 Å². The molecule has 0 radical (unpaired) electrons. The fraction of sp³-hybridized carbons (Fsp3) is 0.250. The van der Waals surface area contributed by atoms with Gasteiger partial charge in [0.2, 0.25) is 0 Å². The molecule has 0 aromatic carbocycles. The number of hydrogen-bond acceptors (Lipinski definition) is 3. The molecular weight excluding hydrogens is 252 g/mol. The molecule has 2 aromatic heterocycles. The molecule has 0 aliphatic rings. The van der Waals surface area contributed by atoms with Crippen molar-refractivity contribution in [3.05, 3.63) is 47.0 Å². The molecule has 2 heterocycles. The van der Waals surface area contributed by atoms with Crippen molar-refractivity contribution in [2.45, 2.75) is 6.42 Å². The molecule has 2 aromatic rings. The maximum atomic E-state index is 11.7. The van der Waals surface area contributed by atoms with Crippen molar-refractivity contribution in [2.24, 2.45) is 7.05 Å². The Hall–Kier alpha value is -1.88. The predicted molar refractivity (Wildman–Crippen MR) is 68.5 cm³/mol. The van der Waals surface area contributed by atoms with E-state index in [1.807, 2.05) is 13.2 Å². The molecule has 0 saturated carbocycles. The van der Waals surface area contributed by atoms with Gasteiger partial charge in [-0.1, -0.05) is 11.6 Å². The molecule has 0 saturated heterocycles. The molecule has 0 bridgehead atoms. The Balaban J connectivity index is 1.83. The summed E-state index contributed by atoms with van der Waals surface area (Å²) in [6, 6.07) is 3.24. The molecule has 0 aliphatic carbocycles. The zero-order chi connectivity index (χ0) is 13.0. The lowest BCUT2D eigenvalue weighted by atomic mass is 10.2. The van der Waals surface area contributed by atoms with E-state index in [0.29, 0.717) is 17.3 Å². The molecule has 0 fully saturated rings. The standard InChI is InChI=1S/C12H13ClN4O/c1-17-8-9(6-16-17)4-5-14-12(18)10-2-3-11(13)15-7-10/h2-3,6-8H,4-5H2,1H3,(H,14,18). The van der Waals surface area contributed by atoms with Crippen LogP contribution < -0.4 is 5.32 Å². The van der Waals surface area contributed by atoms with E-state index in [2.05, 4.69) is 15.4 Å². The minimum atomic E-state index is -0.150. The van der Waals surface area contributed by atoms with Gasteiger partial charge in [-0.15, -0.1) is 0 Å². The molecule has 18 heavy (non-hydrogen) atoms. The fourth-order valence-corrected chi connectivity index (χ4v) is 1.65. The van der Waals surface area contributed by atoms with Gasteiger partial charge in [0.25, 0.3) is 5.91 Å². The monoisotopic (exact) mass is 264 g/mol. The zero-order valence-electron chi connectivity index (χ0n) is 9.93. The van der Waals surface area contributed by atoms with E-state index in [9.17, 15) is 4.79 Å². The van der Waals surface area contributed by atoms with Crippen LogP contribution in [0.25, 0.3) is 0 Å². The van der Waals surface area contributed by atoms with Crippen molar-refractivity contribution < 1.29 is 4.79 Å². The Morgan fingerprint density at radius 1 is 1.44 bits per heavy atom. The highest BCUT2D eigenvalue weighted by Gasteiger charge is 2.05. The van der Waals surface area contributed by atoms with E-state index in [1.165, 1.54) is 6.20 Å². The molecule has 1 N–H and O–H groups in total. The third-order valence-electron chi connectivity index (χ3n) is 2.45. The largest absolute Gasteiger partial charge is 0.352 e. The van der Waals surface area contributed by atoms with Crippen molar-refractivity contribution >= 4 is 17.5 Å². The van der Waals surface area contributed by atoms with Crippen LogP contribution in [0.5, 0.6) is 0 Å². The number of pyridine rings is 1. The van der Waals surface area contributed by atoms with Crippen LogP contribution in [0.4, 0.5) is 0 Å². The Morgan fingerprint density at radius 2 is 2.28 bits per heavy atom. The summed E-state index contributed by atoms with van der Waals surface area (Å²) < 4.78 is 1.74. The summed E-state index contributed by atoms with van der Waals surface area (Å²) in [5.74, 6) is -0.150. The van der Waals surface area contributed by atoms with Crippen LogP contribution >= 0.6 is 11.6 Å². The first-order valence-electron chi connectivity index (χ1n) is 5.52. The number of aryl methyl sites for hydroxylation is 1. The van der Waals surface area contributed by atoms with Crippen LogP contribution in [0.15, 0.2) is 30.7 Å². The zero-order valence-corrected chi connectivity index (χ0v) is 10.7. The second-order valence-corrected chi connectivity index (χ2v) is 4.29. The van der Waals surface area contributed by atoms with Gasteiger partial charge in [-0.25, -0.2) is 4.98 Å². The van der Waals surface area contributed by atoms with Crippen LogP contribution in [0, 0.1) is 0 Å². The first kappa shape index (κ1) is 12.6. The average Bonchev–Trinajstić information content (AvgIpc) is 2.76. The summed E-state index contributed by atoms with van der Waals surface area (Å²) in [7, 11) is 1.86. The van der Waals surface area contributed by atoms with E-state index in [1.54, 1.807) is 23.0 Å². The maximum Gasteiger partial charge on any atom is 0.252 e. The summed E-state index contributed by atoms with van der Waals surface area (Å²) in [5.41, 5.74) is 1.60. The normalized spacial score (nSPS) is 10.3. The predicted octanol–water partition coefficient (Wildman–Crippen LogP) is 1.44. The summed E-state index contributed by atoms with van der Waals surface area (Å²) in [5, 5.41) is 7.26. The molecule has 6 heteroatoms. The van der Waals surface area contributed by atoms with Crippen LogP contribution in [0.3, 0.4) is 0 Å². The van der Waals surface area contributed by atoms with E-state index < -0.39 is 0 Å². The highest BCUT2D eigenvalue weighted by molar-refractivity contribution is 6.29. The van der Waals surface area contributed by atoms with Gasteiger partial charge < -0.3 is 5.32 Å². The minimum absolute atomic E-state index is 0.150. The number of aromatic nitrogens is 3. The SMILES string of the molecule is Cn1cc(CCNC(=O)c2ccc(Cl)nc2)cn1. The number of hydrogen-bond donors (Lipinski definition) is 1. The molecule has 94 valence electrons. The number of nitrogens with one attached hydrogen (secondary N) is 1. The Labute approximate surface area is 110 Å². The van der Waals surface area contributed by atoms with Gasteiger partial charge >= 0.3 is 0 Å². The number of nitrogens with zero attached hydrogens (tertiary/aromatic N) is 3. The van der Waals surface area contributed by atoms with Gasteiger partial charge in [0.15, 0.2) is 0 Å². The van der Waals surface area contributed by atoms with Crippen LogP contribution in [0.1, 0.15) is 15.9 Å². The molecule has 0 aliphatic heterocycles. The van der Waals surface area contributed by atoms with Crippen molar-refractivity contribution in [2.75, 3.05) is 6.54 Å². The second kappa shape index (κ2) is 5.64. The molecule has 0 unspecified atom stereocenters. The molecule has 5 nitrogen and oxygen atoms in total. The molecule has 0 spiro atoms. The number of amides is 1. The first-order chi connectivity index (χ1) is 8.65. The highest BCUT2D eigenvalue weighted by atomic mass is 35.5. The summed E-state index contributed by atoms with van der Waals surface area (Å²) in [6.45, 7) is 0.563. The van der Waals surface area contributed by atoms with E-state index in [0.717, 1.165) is 12.0 Å². The van der Waals surface area contributed by atoms with Gasteiger partial charge in [0.1, 0.15) is 5.15 Å². The smallest absolute Gasteiger partial charge is 0.252 e. The van der Waals surface area contributed by atoms with Crippen LogP contribution in [-0.4, -0.2) is 27.2 Å². The molecule has 0 atom stereocenters. The van der Waals surface area contributed by atoms with Gasteiger partial charge in [-0.3, -0.25) is 9.48 Å². The second-order valence-electron chi connectivity index (χ2n) is 3.90. The quantitative estimate of drug-likeness (QED) is 0.850. The van der Waals surface area contributed by atoms with Gasteiger partial charge in [-0.05, 0) is 24.1 Å². The Bertz CT molecular complexity index is 535. The van der Waals surface area contributed by atoms with E-state index in [-0.39, 0.29) is 5.91 Å². The lowest BCUT2D eigenvalue weighted by Crippen LogP contribution is -2.25. The summed E-state index contributed by atoms with van der Waals surface area (Å²) in [4.78, 5) is 15.6. The number of carbonyl (C=O) groups is 1. The number of rotatable bonds is 4. The van der Waals surface area contributed by atoms with Crippen molar-refractivity contribution in [1.29, 1.82) is 0 Å². The third-order valence-corrected chi connectivity index (χ3v) is 2.67. The summed E-state index contributed by atoms with van der Waals surface area (Å²) >= 11 is 5.65. The first-order valence-corrected chi connectivity index (χ1v) is 5.90. The minimum Gasteiger partial charge on any atom is -0.352 e. The topological polar surface area (TPSA) is 59.8 Å². The molecule has 1 amide bonds. The lowest BCUT2D eigenvalue weighted by Gasteiger charge is -2.03. The Kier molecular flexibility index (Phi) is 3.94. The van der Waals surface area contributed by atoms with E-state index in [4.69, 9.17) is 11.6 Å². The fourth-order valence-electron chi connectivity index (χ4n) is 1.53. The van der Waals surface area contributed by atoms with E-state index >= 15 is 0 Å². The van der Waals surface area contributed by atoms with Gasteiger partial charge in [0.05, 0.1) is 11.8 Å². The number of carbonyl (C=O) groups excluding carboxylic acids is 1. The van der Waals surface area contributed by atoms with Gasteiger partial charge in [0, 0.05) is 26.0 Å². The van der Waals surface area contributed by atoms with Crippen LogP contribution in [-0.2, 0) is 13.5 Å². The molecular formula is C12H13ClN4O. The third kappa shape index (κ3) is 3.30. The van der Waals surface area contributed by atoms with Crippen molar-refractivity contribution in [3.63, 3.8) is 0 Å². The highest BCUT2D eigenvalue weighted by Crippen LogP contribution is 2.05.